The minimum Gasteiger partial charge on any atom is -0.505 e. The molecule has 2 heterocycles. The molecule has 0 aliphatic carbocycles. The molecule has 0 radical (unpaired) electrons. The zero-order chi connectivity index (χ0) is 45.7. The Morgan fingerprint density at radius 2 is 0.682 bits per heavy atom. The van der Waals surface area contributed by atoms with E-state index in [1.165, 1.54) is 10.4 Å². The van der Waals surface area contributed by atoms with Crippen molar-refractivity contribution in [2.45, 2.75) is 52.1 Å². The first kappa shape index (κ1) is 42.9. The fraction of sp³-hybridized carbons (Fsp3) is 0.172. The van der Waals surface area contributed by atoms with Crippen molar-refractivity contribution in [3.63, 3.8) is 0 Å². The van der Waals surface area contributed by atoms with Crippen LogP contribution in [-0.2, 0) is 0 Å². The predicted molar refractivity (Wildman–Crippen MR) is 282 cm³/mol. The number of phenolic OH excluding ortho intramolecular Hbond substituents is 2. The second-order valence-corrected chi connectivity index (χ2v) is 29.6. The highest BCUT2D eigenvalue weighted by molar-refractivity contribution is 6.89. The van der Waals surface area contributed by atoms with Gasteiger partial charge in [0.05, 0.1) is 62.8 Å². The Labute approximate surface area is 389 Å². The van der Waals surface area contributed by atoms with Gasteiger partial charge in [-0.25, -0.2) is 0 Å². The molecular weight excluding hydrogens is 845 g/mol. The number of aromatic nitrogens is 2. The molecule has 10 aromatic rings. The Hall–Kier alpha value is -7.01. The van der Waals surface area contributed by atoms with Gasteiger partial charge in [0.15, 0.2) is 0 Å². The number of hydrogen-bond acceptors (Lipinski definition) is 4. The van der Waals surface area contributed by atoms with Gasteiger partial charge >= 0.3 is 0 Å². The van der Waals surface area contributed by atoms with Crippen molar-refractivity contribution in [3.05, 3.63) is 170 Å². The highest BCUT2D eigenvalue weighted by Crippen LogP contribution is 2.44. The lowest BCUT2D eigenvalue weighted by atomic mass is 10.0. The molecule has 0 bridgehead atoms. The number of para-hydroxylation sites is 6. The number of ether oxygens (including phenoxy) is 2. The van der Waals surface area contributed by atoms with Crippen LogP contribution >= 0.6 is 0 Å². The van der Waals surface area contributed by atoms with Crippen molar-refractivity contribution in [2.24, 2.45) is 0 Å². The molecule has 0 unspecified atom stereocenters. The molecule has 8 heteroatoms. The van der Waals surface area contributed by atoms with Crippen LogP contribution in [0.2, 0.25) is 39.3 Å². The van der Waals surface area contributed by atoms with Crippen LogP contribution in [-0.4, -0.2) is 48.7 Å². The zero-order valence-corrected chi connectivity index (χ0v) is 40.6. The van der Waals surface area contributed by atoms with Gasteiger partial charge in [-0.15, -0.1) is 0 Å². The maximum absolute atomic E-state index is 12.3. The number of hydrogen-bond donors (Lipinski definition) is 2. The quantitative estimate of drug-likeness (QED) is 0.0893. The first-order valence-corrected chi connectivity index (χ1v) is 30.0. The molecule has 2 N–H and O–H groups in total. The molecular formula is C58H56N2O4Si2. The summed E-state index contributed by atoms with van der Waals surface area (Å²) in [5, 5.41) is 31.8. The Balaban J connectivity index is 0.906. The van der Waals surface area contributed by atoms with E-state index in [0.717, 1.165) is 102 Å². The SMILES string of the molecule is C[Si](C)(C)c1cc(-c2ccccc2OCCCCOc2ccccc2-c2cc([Si](C)(C)C)cc(-n3c4ccccc4c4ccccc43)c2O)c(O)c(-n2c3ccccc3c3ccccc32)c1. The van der Waals surface area contributed by atoms with E-state index < -0.39 is 16.1 Å². The number of nitrogens with zero attached hydrogens (tertiary/aromatic N) is 2. The third kappa shape index (κ3) is 7.73. The van der Waals surface area contributed by atoms with E-state index in [4.69, 9.17) is 9.47 Å². The van der Waals surface area contributed by atoms with E-state index in [2.05, 4.69) is 170 Å². The van der Waals surface area contributed by atoms with E-state index in [9.17, 15) is 10.2 Å². The van der Waals surface area contributed by atoms with E-state index in [0.29, 0.717) is 13.2 Å². The smallest absolute Gasteiger partial charge is 0.147 e. The van der Waals surface area contributed by atoms with E-state index in [-0.39, 0.29) is 11.5 Å². The van der Waals surface area contributed by atoms with Crippen molar-refractivity contribution >= 4 is 70.1 Å². The van der Waals surface area contributed by atoms with Crippen molar-refractivity contribution in [2.75, 3.05) is 13.2 Å². The molecule has 0 aliphatic rings. The number of rotatable bonds is 13. The summed E-state index contributed by atoms with van der Waals surface area (Å²) in [5.41, 5.74) is 9.05. The first-order valence-electron chi connectivity index (χ1n) is 23.0. The van der Waals surface area contributed by atoms with Crippen molar-refractivity contribution in [3.8, 4) is 56.6 Å². The van der Waals surface area contributed by atoms with Gasteiger partial charge in [0.2, 0.25) is 0 Å². The number of phenols is 2. The van der Waals surface area contributed by atoms with E-state index in [1.54, 1.807) is 0 Å². The first-order chi connectivity index (χ1) is 31.9. The summed E-state index contributed by atoms with van der Waals surface area (Å²) < 4.78 is 17.6. The van der Waals surface area contributed by atoms with E-state index >= 15 is 0 Å². The minimum absolute atomic E-state index is 0.232. The van der Waals surface area contributed by atoms with Crippen LogP contribution in [0.5, 0.6) is 23.0 Å². The molecule has 0 aliphatic heterocycles. The summed E-state index contributed by atoms with van der Waals surface area (Å²) in [6.45, 7) is 15.0. The largest absolute Gasteiger partial charge is 0.505 e. The van der Waals surface area contributed by atoms with Gasteiger partial charge in [-0.05, 0) is 61.4 Å². The molecule has 0 saturated heterocycles. The summed E-state index contributed by atoms with van der Waals surface area (Å²) in [7, 11) is -3.71. The topological polar surface area (TPSA) is 68.8 Å². The molecule has 0 amide bonds. The van der Waals surface area contributed by atoms with Crippen LogP contribution in [0.1, 0.15) is 12.8 Å². The second kappa shape index (κ2) is 17.1. The molecule has 330 valence electrons. The molecule has 10 rings (SSSR count). The number of aromatic hydroxyl groups is 2. The summed E-state index contributed by atoms with van der Waals surface area (Å²) in [5.74, 6) is 1.93. The van der Waals surface area contributed by atoms with Crippen LogP contribution in [0.15, 0.2) is 170 Å². The number of benzene rings is 8. The van der Waals surface area contributed by atoms with Crippen molar-refractivity contribution in [1.29, 1.82) is 0 Å². The molecule has 66 heavy (non-hydrogen) atoms. The third-order valence-electron chi connectivity index (χ3n) is 13.0. The molecule has 0 atom stereocenters. The summed E-state index contributed by atoms with van der Waals surface area (Å²) >= 11 is 0. The van der Waals surface area contributed by atoms with Gasteiger partial charge < -0.3 is 28.8 Å². The normalized spacial score (nSPS) is 12.2. The van der Waals surface area contributed by atoms with Crippen LogP contribution < -0.4 is 19.8 Å². The fourth-order valence-corrected chi connectivity index (χ4v) is 11.7. The Kier molecular flexibility index (Phi) is 11.1. The highest BCUT2D eigenvalue weighted by Gasteiger charge is 2.27. The summed E-state index contributed by atoms with van der Waals surface area (Å²) in [6.07, 6.45) is 1.52. The van der Waals surface area contributed by atoms with Gasteiger partial charge in [0.1, 0.15) is 23.0 Å². The van der Waals surface area contributed by atoms with Gasteiger partial charge in [-0.3, -0.25) is 0 Å². The van der Waals surface area contributed by atoms with Crippen molar-refractivity contribution in [1.82, 2.24) is 9.13 Å². The van der Waals surface area contributed by atoms with Crippen LogP contribution in [0.4, 0.5) is 0 Å². The number of fused-ring (bicyclic) bond motifs is 6. The van der Waals surface area contributed by atoms with Crippen LogP contribution in [0.3, 0.4) is 0 Å². The molecule has 6 nitrogen and oxygen atoms in total. The van der Waals surface area contributed by atoms with Gasteiger partial charge in [-0.2, -0.15) is 0 Å². The number of unbranched alkanes of at least 4 members (excludes halogenated alkanes) is 1. The van der Waals surface area contributed by atoms with E-state index in [1.807, 2.05) is 48.5 Å². The Bertz CT molecular complexity index is 3110. The fourth-order valence-electron chi connectivity index (χ4n) is 9.42. The average molecular weight is 901 g/mol. The lowest BCUT2D eigenvalue weighted by Crippen LogP contribution is -2.38. The highest BCUT2D eigenvalue weighted by atomic mass is 28.3. The Morgan fingerprint density at radius 3 is 1.02 bits per heavy atom. The minimum atomic E-state index is -1.85. The zero-order valence-electron chi connectivity index (χ0n) is 38.6. The summed E-state index contributed by atoms with van der Waals surface area (Å²) in [4.78, 5) is 0. The average Bonchev–Trinajstić information content (AvgIpc) is 3.83. The van der Waals surface area contributed by atoms with Crippen LogP contribution in [0, 0.1) is 0 Å². The Morgan fingerprint density at radius 1 is 0.379 bits per heavy atom. The standard InChI is InChI=1S/C58H56N2O4Si2/c1-65(2,3)39-35-47(57(61)53(37-39)59-49-27-13-7-21-41(49)42-22-8-14-28-50(42)59)45-25-11-17-31-55(45)63-33-19-20-34-64-56-32-18-12-26-46(56)48-36-40(66(4,5)6)38-54(58(48)62)60-51-29-15-9-23-43(51)44-24-10-16-30-52(44)60/h7-18,21-32,35-38,61-62H,19-20,33-34H2,1-6H3. The van der Waals surface area contributed by atoms with Gasteiger partial charge in [0, 0.05) is 43.8 Å². The lowest BCUT2D eigenvalue weighted by Gasteiger charge is -2.23. The molecule has 8 aromatic carbocycles. The van der Waals surface area contributed by atoms with Crippen molar-refractivity contribution < 1.29 is 19.7 Å². The predicted octanol–water partition coefficient (Wildman–Crippen LogP) is 14.0. The molecule has 0 fully saturated rings. The second-order valence-electron chi connectivity index (χ2n) is 19.4. The van der Waals surface area contributed by atoms with Crippen LogP contribution in [0.25, 0.3) is 77.2 Å². The monoisotopic (exact) mass is 900 g/mol. The maximum Gasteiger partial charge on any atom is 0.147 e. The van der Waals surface area contributed by atoms with Gasteiger partial charge in [-0.1, -0.05) is 171 Å². The lowest BCUT2D eigenvalue weighted by molar-refractivity contribution is 0.267. The molecule has 2 aromatic heterocycles. The maximum atomic E-state index is 12.3. The molecule has 0 spiro atoms. The summed E-state index contributed by atoms with van der Waals surface area (Å²) in [6, 6.07) is 58.5. The van der Waals surface area contributed by atoms with Gasteiger partial charge in [0.25, 0.3) is 0 Å². The molecule has 0 saturated carbocycles. The third-order valence-corrected chi connectivity index (χ3v) is 17.0.